The van der Waals surface area contributed by atoms with Crippen LogP contribution in [0.15, 0.2) is 35.3 Å². The first-order chi connectivity index (χ1) is 13.3. The summed E-state index contributed by atoms with van der Waals surface area (Å²) in [5.74, 6) is 0.903. The van der Waals surface area contributed by atoms with Crippen LogP contribution in [0.25, 0.3) is 0 Å². The minimum atomic E-state index is 0.804. The molecule has 2 rings (SSSR count). The average Bonchev–Trinajstić information content (AvgIpc) is 2.73. The number of nitrogens with one attached hydrogen (secondary N) is 2. The second-order valence-electron chi connectivity index (χ2n) is 6.85. The summed E-state index contributed by atoms with van der Waals surface area (Å²) in [4.78, 5) is 9.33. The molecule has 0 unspecified atom stereocenters. The van der Waals surface area contributed by atoms with Crippen LogP contribution in [0.1, 0.15) is 26.2 Å². The molecule has 1 aromatic carbocycles. The van der Waals surface area contributed by atoms with Crippen molar-refractivity contribution in [2.24, 2.45) is 4.99 Å². The number of nitrogens with zero attached hydrogens (tertiary/aromatic N) is 3. The normalized spacial score (nSPS) is 15.8. The number of hydrogen-bond donors (Lipinski definition) is 2. The van der Waals surface area contributed by atoms with Crippen LogP contribution >= 0.6 is 0 Å². The Hall–Kier alpha value is -1.79. The van der Waals surface area contributed by atoms with Crippen LogP contribution in [0.4, 0.5) is 5.69 Å². The fourth-order valence-electron chi connectivity index (χ4n) is 3.28. The monoisotopic (exact) mass is 375 g/mol. The van der Waals surface area contributed by atoms with E-state index in [0.29, 0.717) is 0 Å². The summed E-state index contributed by atoms with van der Waals surface area (Å²) in [6, 6.07) is 10.7. The van der Waals surface area contributed by atoms with Crippen molar-refractivity contribution in [2.75, 3.05) is 71.0 Å². The predicted molar refractivity (Wildman–Crippen MR) is 115 cm³/mol. The molecule has 1 aromatic rings. The second-order valence-corrected chi connectivity index (χ2v) is 6.85. The van der Waals surface area contributed by atoms with Gasteiger partial charge in [-0.05, 0) is 44.9 Å². The van der Waals surface area contributed by atoms with Gasteiger partial charge in [0, 0.05) is 65.2 Å². The van der Waals surface area contributed by atoms with Gasteiger partial charge in [0.15, 0.2) is 5.96 Å². The molecule has 0 amide bonds. The zero-order valence-electron chi connectivity index (χ0n) is 17.1. The van der Waals surface area contributed by atoms with Crippen LogP contribution in [-0.2, 0) is 4.74 Å². The van der Waals surface area contributed by atoms with Gasteiger partial charge in [0.1, 0.15) is 0 Å². The third-order valence-corrected chi connectivity index (χ3v) is 4.87. The number of para-hydroxylation sites is 1. The van der Waals surface area contributed by atoms with Crippen LogP contribution in [0.2, 0.25) is 0 Å². The molecule has 27 heavy (non-hydrogen) atoms. The van der Waals surface area contributed by atoms with Crippen LogP contribution in [0.5, 0.6) is 0 Å². The molecule has 0 saturated carbocycles. The molecule has 1 saturated heterocycles. The van der Waals surface area contributed by atoms with Gasteiger partial charge in [0.2, 0.25) is 0 Å². The lowest BCUT2D eigenvalue weighted by Crippen LogP contribution is -2.47. The SMILES string of the molecule is CCOCCCCNC(=NC)NCCCN1CCN(c2ccccc2)CC1. The Kier molecular flexibility index (Phi) is 10.7. The Balaban J connectivity index is 1.51. The van der Waals surface area contributed by atoms with Crippen LogP contribution in [0.3, 0.4) is 0 Å². The van der Waals surface area contributed by atoms with Gasteiger partial charge in [-0.15, -0.1) is 0 Å². The molecule has 6 heteroatoms. The molecule has 1 aliphatic heterocycles. The van der Waals surface area contributed by atoms with Crippen molar-refractivity contribution >= 4 is 11.6 Å². The fourth-order valence-corrected chi connectivity index (χ4v) is 3.28. The molecular weight excluding hydrogens is 338 g/mol. The molecule has 6 nitrogen and oxygen atoms in total. The van der Waals surface area contributed by atoms with Crippen molar-refractivity contribution in [3.8, 4) is 0 Å². The number of unbranched alkanes of at least 4 members (excludes halogenated alkanes) is 1. The highest BCUT2D eigenvalue weighted by atomic mass is 16.5. The number of hydrogen-bond acceptors (Lipinski definition) is 4. The standard InChI is InChI=1S/C21H37N5O/c1-3-27-19-8-7-12-23-21(22-2)24-13-9-14-25-15-17-26(18-16-25)20-10-5-4-6-11-20/h4-6,10-11H,3,7-9,12-19H2,1-2H3,(H2,22,23,24). The van der Waals surface area contributed by atoms with Crippen molar-refractivity contribution < 1.29 is 4.74 Å². The summed E-state index contributed by atoms with van der Waals surface area (Å²) in [6.45, 7) is 11.2. The Morgan fingerprint density at radius 3 is 2.37 bits per heavy atom. The Labute approximate surface area is 165 Å². The third kappa shape index (κ3) is 8.63. The molecule has 2 N–H and O–H groups in total. The molecule has 152 valence electrons. The molecule has 0 aliphatic carbocycles. The van der Waals surface area contributed by atoms with Gasteiger partial charge in [-0.25, -0.2) is 0 Å². The lowest BCUT2D eigenvalue weighted by molar-refractivity contribution is 0.143. The van der Waals surface area contributed by atoms with E-state index in [2.05, 4.69) is 55.8 Å². The van der Waals surface area contributed by atoms with Gasteiger partial charge < -0.3 is 20.3 Å². The van der Waals surface area contributed by atoms with Crippen molar-refractivity contribution in [1.82, 2.24) is 15.5 Å². The van der Waals surface area contributed by atoms with Gasteiger partial charge >= 0.3 is 0 Å². The highest BCUT2D eigenvalue weighted by molar-refractivity contribution is 5.79. The van der Waals surface area contributed by atoms with E-state index in [4.69, 9.17) is 4.74 Å². The maximum Gasteiger partial charge on any atom is 0.190 e. The van der Waals surface area contributed by atoms with Crippen molar-refractivity contribution in [3.05, 3.63) is 30.3 Å². The summed E-state index contributed by atoms with van der Waals surface area (Å²) < 4.78 is 5.35. The van der Waals surface area contributed by atoms with Crippen molar-refractivity contribution in [3.63, 3.8) is 0 Å². The fraction of sp³-hybridized carbons (Fsp3) is 0.667. The summed E-state index contributed by atoms with van der Waals surface area (Å²) in [5, 5.41) is 6.79. The first-order valence-electron chi connectivity index (χ1n) is 10.4. The predicted octanol–water partition coefficient (Wildman–Crippen LogP) is 2.18. The second kappa shape index (κ2) is 13.4. The molecule has 0 atom stereocenters. The number of guanidine groups is 1. The first-order valence-corrected chi connectivity index (χ1v) is 10.4. The van der Waals surface area contributed by atoms with Crippen molar-refractivity contribution in [1.29, 1.82) is 0 Å². The number of rotatable bonds is 11. The number of ether oxygens (including phenoxy) is 1. The minimum absolute atomic E-state index is 0.804. The molecule has 0 spiro atoms. The lowest BCUT2D eigenvalue weighted by atomic mass is 10.2. The largest absolute Gasteiger partial charge is 0.382 e. The Morgan fingerprint density at radius 1 is 1.00 bits per heavy atom. The van der Waals surface area contributed by atoms with E-state index >= 15 is 0 Å². The highest BCUT2D eigenvalue weighted by Gasteiger charge is 2.16. The van der Waals surface area contributed by atoms with E-state index in [-0.39, 0.29) is 0 Å². The van der Waals surface area contributed by atoms with Crippen LogP contribution < -0.4 is 15.5 Å². The van der Waals surface area contributed by atoms with E-state index in [0.717, 1.165) is 84.2 Å². The lowest BCUT2D eigenvalue weighted by Gasteiger charge is -2.36. The van der Waals surface area contributed by atoms with E-state index in [1.165, 1.54) is 5.69 Å². The molecule has 0 bridgehead atoms. The van der Waals surface area contributed by atoms with Crippen LogP contribution in [0, 0.1) is 0 Å². The van der Waals surface area contributed by atoms with Crippen molar-refractivity contribution in [2.45, 2.75) is 26.2 Å². The summed E-state index contributed by atoms with van der Waals surface area (Å²) in [6.07, 6.45) is 3.33. The smallest absolute Gasteiger partial charge is 0.190 e. The van der Waals surface area contributed by atoms with E-state index in [1.807, 2.05) is 14.0 Å². The summed E-state index contributed by atoms with van der Waals surface area (Å²) in [7, 11) is 1.83. The molecule has 0 radical (unpaired) electrons. The first kappa shape index (κ1) is 21.5. The number of piperazine rings is 1. The highest BCUT2D eigenvalue weighted by Crippen LogP contribution is 2.15. The number of benzene rings is 1. The molecule has 1 aliphatic rings. The third-order valence-electron chi connectivity index (χ3n) is 4.87. The summed E-state index contributed by atoms with van der Waals surface area (Å²) in [5.41, 5.74) is 1.34. The summed E-state index contributed by atoms with van der Waals surface area (Å²) >= 11 is 0. The average molecular weight is 376 g/mol. The molecule has 0 aromatic heterocycles. The topological polar surface area (TPSA) is 52.1 Å². The molecule has 1 heterocycles. The van der Waals surface area contributed by atoms with Gasteiger partial charge in [0.05, 0.1) is 0 Å². The van der Waals surface area contributed by atoms with Crippen LogP contribution in [-0.4, -0.2) is 76.9 Å². The zero-order chi connectivity index (χ0) is 19.2. The Morgan fingerprint density at radius 2 is 1.70 bits per heavy atom. The molecular formula is C21H37N5O. The van der Waals surface area contributed by atoms with Gasteiger partial charge in [-0.3, -0.25) is 9.89 Å². The number of aliphatic imine (C=N–C) groups is 1. The van der Waals surface area contributed by atoms with E-state index < -0.39 is 0 Å². The van der Waals surface area contributed by atoms with Gasteiger partial charge in [0.25, 0.3) is 0 Å². The molecule has 1 fully saturated rings. The minimum Gasteiger partial charge on any atom is -0.382 e. The van der Waals surface area contributed by atoms with Gasteiger partial charge in [-0.2, -0.15) is 0 Å². The Bertz CT molecular complexity index is 515. The van der Waals surface area contributed by atoms with E-state index in [1.54, 1.807) is 0 Å². The number of anilines is 1. The quantitative estimate of drug-likeness (QED) is 0.353. The zero-order valence-corrected chi connectivity index (χ0v) is 17.1. The maximum absolute atomic E-state index is 5.35. The maximum atomic E-state index is 5.35. The van der Waals surface area contributed by atoms with Gasteiger partial charge in [-0.1, -0.05) is 18.2 Å². The van der Waals surface area contributed by atoms with E-state index in [9.17, 15) is 0 Å².